The van der Waals surface area contributed by atoms with Gasteiger partial charge >= 0.3 is 5.97 Å². The molecule has 0 atom stereocenters. The summed E-state index contributed by atoms with van der Waals surface area (Å²) in [6.07, 6.45) is 3.29. The Morgan fingerprint density at radius 2 is 2.47 bits per heavy atom. The fraction of sp³-hybridized carbons (Fsp3) is 0.300. The van der Waals surface area contributed by atoms with Crippen molar-refractivity contribution in [1.82, 2.24) is 14.5 Å². The van der Waals surface area contributed by atoms with Crippen molar-refractivity contribution in [2.45, 2.75) is 13.5 Å². The van der Waals surface area contributed by atoms with Crippen LogP contribution in [0.2, 0.25) is 0 Å². The average molecular weight is 252 g/mol. The number of rotatable bonds is 4. The molecule has 0 saturated carbocycles. The summed E-state index contributed by atoms with van der Waals surface area (Å²) in [6.45, 7) is 2.60. The fourth-order valence-corrected chi connectivity index (χ4v) is 1.96. The van der Waals surface area contributed by atoms with Crippen LogP contribution in [0.25, 0.3) is 0 Å². The SMILES string of the molecule is CCOC(=O)c1ncn(Cc2cncs2)c1N. The second-order valence-corrected chi connectivity index (χ2v) is 4.27. The van der Waals surface area contributed by atoms with Crippen LogP contribution >= 0.6 is 11.3 Å². The van der Waals surface area contributed by atoms with Crippen LogP contribution in [-0.2, 0) is 11.3 Å². The highest BCUT2D eigenvalue weighted by Gasteiger charge is 2.16. The van der Waals surface area contributed by atoms with Gasteiger partial charge in [-0.05, 0) is 6.92 Å². The van der Waals surface area contributed by atoms with E-state index < -0.39 is 5.97 Å². The average Bonchev–Trinajstić information content (AvgIpc) is 2.91. The van der Waals surface area contributed by atoms with Gasteiger partial charge in [0.2, 0.25) is 0 Å². The van der Waals surface area contributed by atoms with Crippen molar-refractivity contribution < 1.29 is 9.53 Å². The van der Waals surface area contributed by atoms with Gasteiger partial charge in [-0.1, -0.05) is 0 Å². The Morgan fingerprint density at radius 1 is 1.65 bits per heavy atom. The number of aromatic nitrogens is 3. The lowest BCUT2D eigenvalue weighted by atomic mass is 10.4. The van der Waals surface area contributed by atoms with E-state index in [4.69, 9.17) is 10.5 Å². The molecule has 0 bridgehead atoms. The Kier molecular flexibility index (Phi) is 3.38. The van der Waals surface area contributed by atoms with Gasteiger partial charge in [-0.15, -0.1) is 11.3 Å². The molecule has 2 N–H and O–H groups in total. The molecule has 0 aliphatic rings. The number of imidazole rings is 1. The zero-order valence-corrected chi connectivity index (χ0v) is 10.1. The van der Waals surface area contributed by atoms with Crippen molar-refractivity contribution in [1.29, 1.82) is 0 Å². The molecular formula is C10H12N4O2S. The minimum atomic E-state index is -0.493. The first-order chi connectivity index (χ1) is 8.22. The summed E-state index contributed by atoms with van der Waals surface area (Å²) in [5.74, 6) is -0.176. The van der Waals surface area contributed by atoms with Crippen molar-refractivity contribution in [2.75, 3.05) is 12.3 Å². The van der Waals surface area contributed by atoms with Crippen molar-refractivity contribution in [3.8, 4) is 0 Å². The van der Waals surface area contributed by atoms with Gasteiger partial charge in [0.15, 0.2) is 5.69 Å². The molecule has 0 fully saturated rings. The number of hydrogen-bond acceptors (Lipinski definition) is 6. The van der Waals surface area contributed by atoms with Crippen molar-refractivity contribution in [3.05, 3.63) is 28.6 Å². The third-order valence-corrected chi connectivity index (χ3v) is 2.92. The second-order valence-electron chi connectivity index (χ2n) is 3.29. The highest BCUT2D eigenvalue weighted by Crippen LogP contribution is 2.15. The van der Waals surface area contributed by atoms with Crippen molar-refractivity contribution >= 4 is 23.1 Å². The van der Waals surface area contributed by atoms with Gasteiger partial charge in [0.05, 0.1) is 25.0 Å². The lowest BCUT2D eigenvalue weighted by molar-refractivity contribution is 0.0521. The molecule has 2 aromatic heterocycles. The van der Waals surface area contributed by atoms with Crippen LogP contribution in [0.5, 0.6) is 0 Å². The summed E-state index contributed by atoms with van der Waals surface area (Å²) in [6, 6.07) is 0. The molecule has 6 nitrogen and oxygen atoms in total. The van der Waals surface area contributed by atoms with Gasteiger partial charge in [0.1, 0.15) is 5.82 Å². The smallest absolute Gasteiger partial charge is 0.360 e. The van der Waals surface area contributed by atoms with Crippen LogP contribution in [0, 0.1) is 0 Å². The van der Waals surface area contributed by atoms with E-state index in [9.17, 15) is 4.79 Å². The third kappa shape index (κ3) is 2.44. The molecule has 0 aromatic carbocycles. The largest absolute Gasteiger partial charge is 0.461 e. The lowest BCUT2D eigenvalue weighted by Crippen LogP contribution is -2.10. The molecule has 0 aliphatic heterocycles. The first-order valence-electron chi connectivity index (χ1n) is 5.07. The number of hydrogen-bond donors (Lipinski definition) is 1. The number of nitrogens with two attached hydrogens (primary N) is 1. The molecule has 0 unspecified atom stereocenters. The fourth-order valence-electron chi connectivity index (χ4n) is 1.36. The third-order valence-electron chi connectivity index (χ3n) is 2.16. The normalized spacial score (nSPS) is 10.4. The number of esters is 1. The molecule has 0 spiro atoms. The molecule has 0 saturated heterocycles. The number of nitrogens with zero attached hydrogens (tertiary/aromatic N) is 3. The number of ether oxygens (including phenoxy) is 1. The van der Waals surface area contributed by atoms with Crippen LogP contribution in [0.15, 0.2) is 18.0 Å². The van der Waals surface area contributed by atoms with Crippen LogP contribution in [0.3, 0.4) is 0 Å². The van der Waals surface area contributed by atoms with E-state index in [1.54, 1.807) is 23.2 Å². The first kappa shape index (κ1) is 11.6. The van der Waals surface area contributed by atoms with Gasteiger partial charge in [0.25, 0.3) is 0 Å². The van der Waals surface area contributed by atoms with E-state index in [1.807, 2.05) is 0 Å². The summed E-state index contributed by atoms with van der Waals surface area (Å²) in [5.41, 5.74) is 7.74. The first-order valence-corrected chi connectivity index (χ1v) is 5.95. The Hall–Kier alpha value is -1.89. The van der Waals surface area contributed by atoms with E-state index in [-0.39, 0.29) is 5.69 Å². The number of carbonyl (C=O) groups is 1. The monoisotopic (exact) mass is 252 g/mol. The van der Waals surface area contributed by atoms with Crippen molar-refractivity contribution in [3.63, 3.8) is 0 Å². The maximum Gasteiger partial charge on any atom is 0.360 e. The lowest BCUT2D eigenvalue weighted by Gasteiger charge is -2.03. The summed E-state index contributed by atoms with van der Waals surface area (Å²) in [4.78, 5) is 20.5. The molecule has 0 radical (unpaired) electrons. The standard InChI is InChI=1S/C10H12N4O2S/c1-2-16-10(15)8-9(11)14(5-13-8)4-7-3-12-6-17-7/h3,5-6H,2,4,11H2,1H3. The molecule has 0 amide bonds. The molecule has 2 aromatic rings. The van der Waals surface area contributed by atoms with Crippen molar-refractivity contribution in [2.24, 2.45) is 0 Å². The van der Waals surface area contributed by atoms with E-state index in [0.29, 0.717) is 19.0 Å². The Bertz CT molecular complexity index is 506. The number of thiazole rings is 1. The van der Waals surface area contributed by atoms with E-state index in [1.165, 1.54) is 17.7 Å². The summed E-state index contributed by atoms with van der Waals surface area (Å²) in [5, 5.41) is 0. The van der Waals surface area contributed by atoms with Gasteiger partial charge in [-0.2, -0.15) is 0 Å². The minimum Gasteiger partial charge on any atom is -0.461 e. The van der Waals surface area contributed by atoms with E-state index in [2.05, 4.69) is 9.97 Å². The topological polar surface area (TPSA) is 83.0 Å². The molecule has 7 heteroatoms. The van der Waals surface area contributed by atoms with Crippen LogP contribution in [-0.4, -0.2) is 27.1 Å². The highest BCUT2D eigenvalue weighted by molar-refractivity contribution is 7.09. The van der Waals surface area contributed by atoms with Crippen LogP contribution in [0.1, 0.15) is 22.3 Å². The Morgan fingerprint density at radius 3 is 3.12 bits per heavy atom. The van der Waals surface area contributed by atoms with Gasteiger partial charge in [0, 0.05) is 11.1 Å². The molecular weight excluding hydrogens is 240 g/mol. The Labute approximate surface area is 102 Å². The number of nitrogen functional groups attached to an aromatic ring is 1. The summed E-state index contributed by atoms with van der Waals surface area (Å²) < 4.78 is 6.55. The van der Waals surface area contributed by atoms with E-state index >= 15 is 0 Å². The highest BCUT2D eigenvalue weighted by atomic mass is 32.1. The Balaban J connectivity index is 2.18. The maximum absolute atomic E-state index is 11.5. The van der Waals surface area contributed by atoms with Gasteiger partial charge < -0.3 is 15.0 Å². The second kappa shape index (κ2) is 4.96. The molecule has 17 heavy (non-hydrogen) atoms. The number of carbonyl (C=O) groups excluding carboxylic acids is 1. The quantitative estimate of drug-likeness (QED) is 0.825. The molecule has 0 aliphatic carbocycles. The maximum atomic E-state index is 11.5. The van der Waals surface area contributed by atoms with Gasteiger partial charge in [-0.25, -0.2) is 9.78 Å². The molecule has 2 rings (SSSR count). The minimum absolute atomic E-state index is 0.163. The van der Waals surface area contributed by atoms with Crippen LogP contribution < -0.4 is 5.73 Å². The zero-order valence-electron chi connectivity index (χ0n) is 9.29. The predicted octanol–water partition coefficient (Wildman–Crippen LogP) is 1.15. The molecule has 90 valence electrons. The van der Waals surface area contributed by atoms with Crippen LogP contribution in [0.4, 0.5) is 5.82 Å². The molecule has 2 heterocycles. The summed E-state index contributed by atoms with van der Waals surface area (Å²) >= 11 is 1.52. The number of anilines is 1. The predicted molar refractivity (Wildman–Crippen MR) is 63.8 cm³/mol. The van der Waals surface area contributed by atoms with E-state index in [0.717, 1.165) is 4.88 Å². The summed E-state index contributed by atoms with van der Waals surface area (Å²) in [7, 11) is 0. The van der Waals surface area contributed by atoms with Gasteiger partial charge in [-0.3, -0.25) is 4.98 Å². The zero-order chi connectivity index (χ0) is 12.3.